The highest BCUT2D eigenvalue weighted by molar-refractivity contribution is 5.85. The molecule has 2 aromatic rings. The summed E-state index contributed by atoms with van der Waals surface area (Å²) in [5.74, 6) is -1.74. The predicted octanol–water partition coefficient (Wildman–Crippen LogP) is 4.52. The fraction of sp³-hybridized carbons (Fsp3) is 0.423. The van der Waals surface area contributed by atoms with Crippen LogP contribution < -0.4 is 0 Å². The molecule has 1 saturated heterocycles. The lowest BCUT2D eigenvalue weighted by molar-refractivity contribution is -0.131. The lowest BCUT2D eigenvalue weighted by Gasteiger charge is -2.27. The van der Waals surface area contributed by atoms with Gasteiger partial charge in [-0.1, -0.05) is 18.2 Å². The first kappa shape index (κ1) is 25.0. The van der Waals surface area contributed by atoms with Gasteiger partial charge in [-0.15, -0.1) is 0 Å². The minimum Gasteiger partial charge on any atom is -0.478 e. The van der Waals surface area contributed by atoms with E-state index in [2.05, 4.69) is 4.90 Å². The Morgan fingerprint density at radius 3 is 2.79 bits per heavy atom. The van der Waals surface area contributed by atoms with Gasteiger partial charge in [-0.3, -0.25) is 4.90 Å². The third kappa shape index (κ3) is 7.19. The highest BCUT2D eigenvalue weighted by atomic mass is 19.1. The van der Waals surface area contributed by atoms with Gasteiger partial charge in [-0.25, -0.2) is 13.6 Å². The lowest BCUT2D eigenvalue weighted by Crippen LogP contribution is -2.39. The van der Waals surface area contributed by atoms with Crippen molar-refractivity contribution in [3.63, 3.8) is 0 Å². The van der Waals surface area contributed by atoms with Crippen molar-refractivity contribution in [2.75, 3.05) is 19.7 Å². The Balaban J connectivity index is 1.56. The number of rotatable bonds is 10. The number of aliphatic hydroxyl groups is 1. The van der Waals surface area contributed by atoms with E-state index in [-0.39, 0.29) is 18.5 Å². The average molecular weight is 460 g/mol. The molecular weight excluding hydrogens is 428 g/mol. The van der Waals surface area contributed by atoms with Crippen LogP contribution in [-0.2, 0) is 16.0 Å². The normalized spacial score (nSPS) is 18.6. The third-order valence-electron chi connectivity index (χ3n) is 6.08. The summed E-state index contributed by atoms with van der Waals surface area (Å²) < 4.78 is 33.5. The molecule has 2 aromatic carbocycles. The topological polar surface area (TPSA) is 70.0 Å². The zero-order valence-electron chi connectivity index (χ0n) is 19.0. The summed E-state index contributed by atoms with van der Waals surface area (Å²) in [4.78, 5) is 13.0. The van der Waals surface area contributed by atoms with Crippen LogP contribution in [0.2, 0.25) is 0 Å². The summed E-state index contributed by atoms with van der Waals surface area (Å²) in [6.45, 7) is 4.83. The number of benzene rings is 2. The number of nitrogens with zero attached hydrogens (tertiary/aromatic N) is 1. The van der Waals surface area contributed by atoms with E-state index >= 15 is 0 Å². The maximum Gasteiger partial charge on any atom is 0.328 e. The fourth-order valence-corrected chi connectivity index (χ4v) is 4.28. The lowest BCUT2D eigenvalue weighted by atomic mass is 10.0. The Kier molecular flexibility index (Phi) is 8.72. The number of aryl methyl sites for hydroxylation is 1. The van der Waals surface area contributed by atoms with E-state index in [9.17, 15) is 18.7 Å². The summed E-state index contributed by atoms with van der Waals surface area (Å²) in [6, 6.07) is 9.64. The SMILES string of the molecule is Cc1ccc(C[C@@H]2CCCN2C[C@@H](O)CO[C@H](C)c2cc(F)ccc2C=CC(=O)O)cc1F. The van der Waals surface area contributed by atoms with Crippen LogP contribution in [0, 0.1) is 18.6 Å². The van der Waals surface area contributed by atoms with Gasteiger partial charge in [0.25, 0.3) is 0 Å². The molecule has 0 radical (unpaired) electrons. The number of ether oxygens (including phenoxy) is 1. The highest BCUT2D eigenvalue weighted by Gasteiger charge is 2.27. The van der Waals surface area contributed by atoms with Gasteiger partial charge < -0.3 is 14.9 Å². The minimum atomic E-state index is -1.09. The van der Waals surface area contributed by atoms with E-state index in [1.807, 2.05) is 6.07 Å². The second kappa shape index (κ2) is 11.5. The molecule has 1 aliphatic rings. The Bertz CT molecular complexity index is 994. The second-order valence-electron chi connectivity index (χ2n) is 8.65. The van der Waals surface area contributed by atoms with Crippen LogP contribution in [0.3, 0.4) is 0 Å². The Morgan fingerprint density at radius 2 is 2.06 bits per heavy atom. The van der Waals surface area contributed by atoms with E-state index in [1.54, 1.807) is 26.0 Å². The number of aliphatic hydroxyl groups excluding tert-OH is 1. The van der Waals surface area contributed by atoms with Crippen molar-refractivity contribution >= 4 is 12.0 Å². The summed E-state index contributed by atoms with van der Waals surface area (Å²) in [7, 11) is 0. The zero-order valence-corrected chi connectivity index (χ0v) is 19.0. The van der Waals surface area contributed by atoms with Crippen molar-refractivity contribution < 1.29 is 28.5 Å². The van der Waals surface area contributed by atoms with Gasteiger partial charge >= 0.3 is 5.97 Å². The zero-order chi connectivity index (χ0) is 24.0. The Labute approximate surface area is 193 Å². The van der Waals surface area contributed by atoms with Gasteiger partial charge in [0.05, 0.1) is 18.8 Å². The van der Waals surface area contributed by atoms with Crippen molar-refractivity contribution in [3.8, 4) is 0 Å². The molecule has 3 rings (SSSR count). The number of β-amino-alcohol motifs (C(OH)–C–C–N with tert-alkyl or cyclic N) is 1. The molecule has 1 fully saturated rings. The highest BCUT2D eigenvalue weighted by Crippen LogP contribution is 2.25. The van der Waals surface area contributed by atoms with Gasteiger partial charge in [0.2, 0.25) is 0 Å². The van der Waals surface area contributed by atoms with E-state index in [0.717, 1.165) is 37.4 Å². The molecule has 0 amide bonds. The number of hydrogen-bond acceptors (Lipinski definition) is 4. The van der Waals surface area contributed by atoms with Crippen molar-refractivity contribution in [2.24, 2.45) is 0 Å². The molecule has 5 nitrogen and oxygen atoms in total. The number of carbonyl (C=O) groups is 1. The quantitative estimate of drug-likeness (QED) is 0.512. The molecule has 178 valence electrons. The van der Waals surface area contributed by atoms with Crippen molar-refractivity contribution in [1.29, 1.82) is 0 Å². The molecule has 1 aliphatic heterocycles. The monoisotopic (exact) mass is 459 g/mol. The summed E-state index contributed by atoms with van der Waals surface area (Å²) in [5, 5.41) is 19.4. The second-order valence-corrected chi connectivity index (χ2v) is 8.65. The van der Waals surface area contributed by atoms with Gasteiger partial charge in [-0.2, -0.15) is 0 Å². The van der Waals surface area contributed by atoms with E-state index < -0.39 is 24.0 Å². The smallest absolute Gasteiger partial charge is 0.328 e. The van der Waals surface area contributed by atoms with E-state index in [4.69, 9.17) is 9.84 Å². The van der Waals surface area contributed by atoms with E-state index in [1.165, 1.54) is 24.3 Å². The largest absolute Gasteiger partial charge is 0.478 e. The van der Waals surface area contributed by atoms with Gasteiger partial charge in [-0.05, 0) is 86.2 Å². The first-order chi connectivity index (χ1) is 15.7. The molecule has 33 heavy (non-hydrogen) atoms. The molecule has 0 bridgehead atoms. The Morgan fingerprint density at radius 1 is 1.27 bits per heavy atom. The van der Waals surface area contributed by atoms with Crippen LogP contribution in [0.4, 0.5) is 8.78 Å². The summed E-state index contributed by atoms with van der Waals surface area (Å²) in [6.07, 6.45) is 3.85. The number of carboxylic acids is 1. The molecular formula is C26H31F2NO4. The molecule has 0 saturated carbocycles. The average Bonchev–Trinajstić information content (AvgIpc) is 3.19. The number of halogens is 2. The van der Waals surface area contributed by atoms with E-state index in [0.29, 0.717) is 23.2 Å². The molecule has 3 atom stereocenters. The molecule has 7 heteroatoms. The van der Waals surface area contributed by atoms with Crippen LogP contribution in [-0.4, -0.2) is 52.9 Å². The van der Waals surface area contributed by atoms with Crippen LogP contribution >= 0.6 is 0 Å². The third-order valence-corrected chi connectivity index (χ3v) is 6.08. The van der Waals surface area contributed by atoms with Crippen molar-refractivity contribution in [2.45, 2.75) is 51.4 Å². The van der Waals surface area contributed by atoms with Gasteiger partial charge in [0.1, 0.15) is 11.6 Å². The number of hydrogen-bond donors (Lipinski definition) is 2. The van der Waals surface area contributed by atoms with Crippen molar-refractivity contribution in [3.05, 3.63) is 76.4 Å². The molecule has 0 aromatic heterocycles. The summed E-state index contributed by atoms with van der Waals surface area (Å²) >= 11 is 0. The molecule has 0 unspecified atom stereocenters. The van der Waals surface area contributed by atoms with Gasteiger partial charge in [0, 0.05) is 18.7 Å². The van der Waals surface area contributed by atoms with Crippen LogP contribution in [0.1, 0.15) is 48.1 Å². The molecule has 0 spiro atoms. The van der Waals surface area contributed by atoms with Crippen molar-refractivity contribution in [1.82, 2.24) is 4.90 Å². The number of aliphatic carboxylic acids is 1. The molecule has 1 heterocycles. The van der Waals surface area contributed by atoms with Crippen LogP contribution in [0.15, 0.2) is 42.5 Å². The molecule has 2 N–H and O–H groups in total. The number of carboxylic acid groups (broad SMARTS) is 1. The van der Waals surface area contributed by atoms with Gasteiger partial charge in [0.15, 0.2) is 0 Å². The van der Waals surface area contributed by atoms with Crippen LogP contribution in [0.25, 0.3) is 6.08 Å². The predicted molar refractivity (Wildman–Crippen MR) is 123 cm³/mol. The molecule has 0 aliphatic carbocycles. The first-order valence-electron chi connectivity index (χ1n) is 11.2. The maximum atomic E-state index is 13.9. The number of likely N-dealkylation sites (tertiary alicyclic amines) is 1. The standard InChI is InChI=1S/C26H31F2NO4/c1-17-5-6-19(13-25(17)28)12-22-4-3-11-29(22)15-23(30)16-33-18(2)24-14-21(27)9-7-20(24)8-10-26(31)32/h5-10,13-14,18,22-23,30H,3-4,11-12,15-16H2,1-2H3,(H,31,32)/t18-,22+,23-/m1/s1. The minimum absolute atomic E-state index is 0.0577. The Hall–Kier alpha value is -2.61. The summed E-state index contributed by atoms with van der Waals surface area (Å²) in [5.41, 5.74) is 2.64. The fourth-order valence-electron chi connectivity index (χ4n) is 4.28. The van der Waals surface area contributed by atoms with Crippen LogP contribution in [0.5, 0.6) is 0 Å². The first-order valence-corrected chi connectivity index (χ1v) is 11.2. The maximum absolute atomic E-state index is 13.9.